The van der Waals surface area contributed by atoms with Gasteiger partial charge in [0.1, 0.15) is 10.7 Å². The lowest BCUT2D eigenvalue weighted by Crippen LogP contribution is -2.23. The van der Waals surface area contributed by atoms with Gasteiger partial charge in [-0.1, -0.05) is 0 Å². The molecule has 3 aromatic rings. The van der Waals surface area contributed by atoms with Crippen molar-refractivity contribution in [1.29, 1.82) is 0 Å². The van der Waals surface area contributed by atoms with Gasteiger partial charge in [-0.15, -0.1) is 22.7 Å². The maximum atomic E-state index is 12.2. The smallest absolute Gasteiger partial charge is 0.259 e. The Hall–Kier alpha value is -2.32. The minimum Gasteiger partial charge on any atom is -0.309 e. The molecule has 3 heterocycles. The standard InChI is InChI=1S/C16H16N4O2S2/c1-8-4-5-23-11(8)7-17-20-13(21)6-12-18-15(22)14-9(2)10(3)24-16(14)19-12/h4-5,7H,6H2,1-3H3,(H,20,21)(H,18,19,22)/b17-7-. The van der Waals surface area contributed by atoms with E-state index < -0.39 is 0 Å². The molecule has 0 fully saturated rings. The highest BCUT2D eigenvalue weighted by Crippen LogP contribution is 2.25. The van der Waals surface area contributed by atoms with E-state index in [0.29, 0.717) is 16.0 Å². The van der Waals surface area contributed by atoms with Crippen LogP contribution in [0.1, 0.15) is 26.7 Å². The van der Waals surface area contributed by atoms with E-state index in [1.54, 1.807) is 17.6 Å². The Bertz CT molecular complexity index is 997. The number of hydrogen-bond acceptors (Lipinski definition) is 6. The number of aryl methyl sites for hydroxylation is 3. The summed E-state index contributed by atoms with van der Waals surface area (Å²) < 4.78 is 0. The number of amides is 1. The molecule has 0 aromatic carbocycles. The van der Waals surface area contributed by atoms with Crippen LogP contribution < -0.4 is 11.0 Å². The van der Waals surface area contributed by atoms with Gasteiger partial charge in [-0.05, 0) is 43.3 Å². The molecule has 124 valence electrons. The molecule has 2 N–H and O–H groups in total. The van der Waals surface area contributed by atoms with Gasteiger partial charge in [-0.25, -0.2) is 10.4 Å². The van der Waals surface area contributed by atoms with Gasteiger partial charge in [0.15, 0.2) is 0 Å². The maximum Gasteiger partial charge on any atom is 0.259 e. The second-order valence-electron chi connectivity index (χ2n) is 5.41. The number of H-pyrrole nitrogens is 1. The van der Waals surface area contributed by atoms with Crippen LogP contribution in [0.4, 0.5) is 0 Å². The molecule has 0 saturated carbocycles. The predicted octanol–water partition coefficient (Wildman–Crippen LogP) is 2.66. The number of hydrogen-bond donors (Lipinski definition) is 2. The summed E-state index contributed by atoms with van der Waals surface area (Å²) in [5.41, 5.74) is 4.30. The van der Waals surface area contributed by atoms with Crippen molar-refractivity contribution in [3.05, 3.63) is 48.5 Å². The third kappa shape index (κ3) is 3.29. The van der Waals surface area contributed by atoms with Gasteiger partial charge < -0.3 is 4.98 Å². The zero-order valence-corrected chi connectivity index (χ0v) is 15.1. The van der Waals surface area contributed by atoms with Crippen LogP contribution in [-0.2, 0) is 11.2 Å². The van der Waals surface area contributed by atoms with Crippen molar-refractivity contribution in [2.45, 2.75) is 27.2 Å². The first-order chi connectivity index (χ1) is 11.5. The van der Waals surface area contributed by atoms with E-state index in [1.165, 1.54) is 11.3 Å². The number of aromatic amines is 1. The van der Waals surface area contributed by atoms with Crippen LogP contribution in [0, 0.1) is 20.8 Å². The van der Waals surface area contributed by atoms with Crippen molar-refractivity contribution < 1.29 is 4.79 Å². The quantitative estimate of drug-likeness (QED) is 0.554. The minimum atomic E-state index is -0.326. The first-order valence-corrected chi connectivity index (χ1v) is 9.00. The molecule has 0 aliphatic heterocycles. The van der Waals surface area contributed by atoms with E-state index >= 15 is 0 Å². The van der Waals surface area contributed by atoms with Crippen LogP contribution in [-0.4, -0.2) is 22.1 Å². The van der Waals surface area contributed by atoms with Crippen molar-refractivity contribution in [1.82, 2.24) is 15.4 Å². The molecule has 24 heavy (non-hydrogen) atoms. The van der Waals surface area contributed by atoms with E-state index in [0.717, 1.165) is 20.9 Å². The van der Waals surface area contributed by atoms with Crippen molar-refractivity contribution in [3.63, 3.8) is 0 Å². The summed E-state index contributed by atoms with van der Waals surface area (Å²) in [7, 11) is 0. The number of nitrogens with one attached hydrogen (secondary N) is 2. The highest BCUT2D eigenvalue weighted by Gasteiger charge is 2.13. The van der Waals surface area contributed by atoms with Crippen LogP contribution in [0.5, 0.6) is 0 Å². The highest BCUT2D eigenvalue weighted by molar-refractivity contribution is 7.18. The number of carbonyl (C=O) groups is 1. The lowest BCUT2D eigenvalue weighted by molar-refractivity contribution is -0.120. The molecule has 1 amide bonds. The average molecular weight is 360 g/mol. The zero-order valence-electron chi connectivity index (χ0n) is 13.5. The van der Waals surface area contributed by atoms with Gasteiger partial charge in [0, 0.05) is 9.75 Å². The fraction of sp³-hybridized carbons (Fsp3) is 0.250. The van der Waals surface area contributed by atoms with Crippen LogP contribution in [0.3, 0.4) is 0 Å². The van der Waals surface area contributed by atoms with Crippen molar-refractivity contribution >= 4 is 45.0 Å². The lowest BCUT2D eigenvalue weighted by Gasteiger charge is -2.00. The zero-order chi connectivity index (χ0) is 17.3. The van der Waals surface area contributed by atoms with Crippen LogP contribution in [0.25, 0.3) is 10.2 Å². The van der Waals surface area contributed by atoms with E-state index in [4.69, 9.17) is 0 Å². The summed E-state index contributed by atoms with van der Waals surface area (Å²) >= 11 is 3.01. The summed E-state index contributed by atoms with van der Waals surface area (Å²) in [4.78, 5) is 33.9. The Labute approximate surface area is 146 Å². The van der Waals surface area contributed by atoms with Crippen molar-refractivity contribution in [2.24, 2.45) is 5.10 Å². The first kappa shape index (κ1) is 16.5. The molecule has 8 heteroatoms. The summed E-state index contributed by atoms with van der Waals surface area (Å²) in [5.74, 6) is 0.0155. The van der Waals surface area contributed by atoms with Gasteiger partial charge in [-0.3, -0.25) is 9.59 Å². The molecule has 3 rings (SSSR count). The van der Waals surface area contributed by atoms with Gasteiger partial charge in [-0.2, -0.15) is 5.10 Å². The number of rotatable bonds is 4. The molecule has 0 saturated heterocycles. The molecule has 0 radical (unpaired) electrons. The Morgan fingerprint density at radius 2 is 2.21 bits per heavy atom. The number of hydrazone groups is 1. The third-order valence-electron chi connectivity index (χ3n) is 3.69. The maximum absolute atomic E-state index is 12.2. The second-order valence-corrected chi connectivity index (χ2v) is 7.56. The molecule has 6 nitrogen and oxygen atoms in total. The highest BCUT2D eigenvalue weighted by atomic mass is 32.1. The predicted molar refractivity (Wildman–Crippen MR) is 98.2 cm³/mol. The molecule has 3 aromatic heterocycles. The lowest BCUT2D eigenvalue weighted by atomic mass is 10.2. The van der Waals surface area contributed by atoms with E-state index in [1.807, 2.05) is 32.2 Å². The largest absolute Gasteiger partial charge is 0.309 e. The molecule has 0 spiro atoms. The van der Waals surface area contributed by atoms with Crippen LogP contribution in [0.15, 0.2) is 21.3 Å². The Morgan fingerprint density at radius 3 is 2.92 bits per heavy atom. The monoisotopic (exact) mass is 360 g/mol. The normalized spacial score (nSPS) is 11.5. The SMILES string of the molecule is Cc1ccsc1/C=N\NC(=O)Cc1nc2sc(C)c(C)c2c(=O)[nH]1. The fourth-order valence-electron chi connectivity index (χ4n) is 2.25. The number of carbonyl (C=O) groups excluding carboxylic acids is 1. The molecular weight excluding hydrogens is 344 g/mol. The molecular formula is C16H16N4O2S2. The number of aromatic nitrogens is 2. The van der Waals surface area contributed by atoms with Crippen molar-refractivity contribution in [2.75, 3.05) is 0 Å². The van der Waals surface area contributed by atoms with Gasteiger partial charge in [0.25, 0.3) is 5.56 Å². The first-order valence-electron chi connectivity index (χ1n) is 7.30. The van der Waals surface area contributed by atoms with E-state index in [-0.39, 0.29) is 17.9 Å². The molecule has 0 unspecified atom stereocenters. The number of thiophene rings is 2. The Kier molecular flexibility index (Phi) is 4.59. The van der Waals surface area contributed by atoms with Gasteiger partial charge in [0.05, 0.1) is 18.0 Å². The molecule has 0 aliphatic carbocycles. The van der Waals surface area contributed by atoms with Gasteiger partial charge >= 0.3 is 0 Å². The molecule has 0 atom stereocenters. The summed E-state index contributed by atoms with van der Waals surface area (Å²) in [6.45, 7) is 5.84. The van der Waals surface area contributed by atoms with Crippen molar-refractivity contribution in [3.8, 4) is 0 Å². The van der Waals surface area contributed by atoms with Crippen LogP contribution >= 0.6 is 22.7 Å². The Morgan fingerprint density at radius 1 is 1.42 bits per heavy atom. The Balaban J connectivity index is 1.73. The van der Waals surface area contributed by atoms with Crippen LogP contribution in [0.2, 0.25) is 0 Å². The third-order valence-corrected chi connectivity index (χ3v) is 5.74. The molecule has 0 bridgehead atoms. The summed E-state index contributed by atoms with van der Waals surface area (Å²) in [6.07, 6.45) is 1.59. The minimum absolute atomic E-state index is 0.0259. The van der Waals surface area contributed by atoms with E-state index in [9.17, 15) is 9.59 Å². The number of fused-ring (bicyclic) bond motifs is 1. The average Bonchev–Trinajstić information content (AvgIpc) is 3.03. The topological polar surface area (TPSA) is 87.2 Å². The summed E-state index contributed by atoms with van der Waals surface area (Å²) in [5, 5.41) is 6.51. The molecule has 0 aliphatic rings. The van der Waals surface area contributed by atoms with Gasteiger partial charge in [0.2, 0.25) is 5.91 Å². The summed E-state index contributed by atoms with van der Waals surface area (Å²) in [6, 6.07) is 1.99. The van der Waals surface area contributed by atoms with E-state index in [2.05, 4.69) is 20.5 Å². The fourth-order valence-corrected chi connectivity index (χ4v) is 4.09. The number of nitrogens with zero attached hydrogens (tertiary/aromatic N) is 2. The second kappa shape index (κ2) is 6.66.